The second-order valence-electron chi connectivity index (χ2n) is 4.82. The predicted molar refractivity (Wildman–Crippen MR) is 77.6 cm³/mol. The fraction of sp³-hybridized carbons (Fsp3) is 0.118. The summed E-state index contributed by atoms with van der Waals surface area (Å²) >= 11 is 0. The first kappa shape index (κ1) is 13.4. The van der Waals surface area contributed by atoms with Crippen molar-refractivity contribution in [1.82, 2.24) is 4.90 Å². The summed E-state index contributed by atoms with van der Waals surface area (Å²) in [7, 11) is 0. The Morgan fingerprint density at radius 3 is 2.71 bits per heavy atom. The van der Waals surface area contributed by atoms with Crippen LogP contribution in [-0.2, 0) is 17.9 Å². The summed E-state index contributed by atoms with van der Waals surface area (Å²) in [6.45, 7) is 0.625. The third-order valence-electron chi connectivity index (χ3n) is 3.34. The van der Waals surface area contributed by atoms with Crippen LogP contribution in [0.4, 0.5) is 9.18 Å². The molecule has 2 aromatic carbocycles. The highest BCUT2D eigenvalue weighted by atomic mass is 19.1. The maximum atomic E-state index is 12.8. The largest absolute Gasteiger partial charge is 0.444 e. The molecule has 0 atom stereocenters. The molecule has 1 heterocycles. The first-order chi connectivity index (χ1) is 10.2. The van der Waals surface area contributed by atoms with Crippen LogP contribution in [0, 0.1) is 5.82 Å². The number of nitrogens with zero attached hydrogens (tertiary/aromatic N) is 1. The molecule has 0 spiro atoms. The van der Waals surface area contributed by atoms with Gasteiger partial charge in [-0.15, -0.1) is 0 Å². The number of amides is 1. The molecule has 0 unspecified atom stereocenters. The Kier molecular flexibility index (Phi) is 3.69. The van der Waals surface area contributed by atoms with Crippen molar-refractivity contribution in [2.45, 2.75) is 13.2 Å². The molecule has 21 heavy (non-hydrogen) atoms. The van der Waals surface area contributed by atoms with Crippen LogP contribution in [0.2, 0.25) is 0 Å². The zero-order chi connectivity index (χ0) is 14.7. The maximum absolute atomic E-state index is 12.8. The van der Waals surface area contributed by atoms with Crippen molar-refractivity contribution in [3.05, 3.63) is 77.2 Å². The highest BCUT2D eigenvalue weighted by molar-refractivity contribution is 5.72. The summed E-state index contributed by atoms with van der Waals surface area (Å²) in [6.07, 6.45) is 3.19. The van der Waals surface area contributed by atoms with E-state index in [0.29, 0.717) is 6.54 Å². The number of hydrogen-bond donors (Lipinski definition) is 0. The minimum absolute atomic E-state index is 0.130. The third-order valence-corrected chi connectivity index (χ3v) is 3.34. The number of benzene rings is 2. The Morgan fingerprint density at radius 1 is 1.14 bits per heavy atom. The second kappa shape index (κ2) is 5.79. The van der Waals surface area contributed by atoms with E-state index >= 15 is 0 Å². The average Bonchev–Trinajstić information content (AvgIpc) is 2.53. The normalized spacial score (nSPS) is 12.9. The van der Waals surface area contributed by atoms with Gasteiger partial charge in [0.25, 0.3) is 0 Å². The van der Waals surface area contributed by atoms with Crippen LogP contribution in [0.5, 0.6) is 0 Å². The molecule has 3 nitrogen and oxygen atoms in total. The van der Waals surface area contributed by atoms with Crippen LogP contribution in [0.25, 0.3) is 6.08 Å². The molecular weight excluding hydrogens is 269 g/mol. The first-order valence-corrected chi connectivity index (χ1v) is 6.66. The van der Waals surface area contributed by atoms with Crippen LogP contribution < -0.4 is 0 Å². The van der Waals surface area contributed by atoms with Gasteiger partial charge in [0, 0.05) is 6.20 Å². The van der Waals surface area contributed by atoms with E-state index in [-0.39, 0.29) is 12.4 Å². The Morgan fingerprint density at radius 2 is 1.90 bits per heavy atom. The molecule has 4 heteroatoms. The Bertz CT molecular complexity index is 679. The van der Waals surface area contributed by atoms with Gasteiger partial charge in [-0.3, -0.25) is 4.90 Å². The number of carbonyl (C=O) groups is 1. The standard InChI is InChI=1S/C17H14FNO2/c18-16-7-5-13(6-8-16)12-21-17(20)19-10-9-14-3-1-2-4-15(14)11-19/h1-10H,11-12H2. The predicted octanol–water partition coefficient (Wildman–Crippen LogP) is 3.95. The molecule has 1 amide bonds. The van der Waals surface area contributed by atoms with Crippen molar-refractivity contribution in [2.75, 3.05) is 0 Å². The molecule has 0 fully saturated rings. The van der Waals surface area contributed by atoms with Crippen LogP contribution in [0.15, 0.2) is 54.7 Å². The monoisotopic (exact) mass is 283 g/mol. The van der Waals surface area contributed by atoms with Crippen LogP contribution >= 0.6 is 0 Å². The fourth-order valence-corrected chi connectivity index (χ4v) is 2.18. The number of halogens is 1. The van der Waals surface area contributed by atoms with Crippen LogP contribution in [0.1, 0.15) is 16.7 Å². The molecule has 106 valence electrons. The summed E-state index contributed by atoms with van der Waals surface area (Å²) in [5.74, 6) is -0.305. The maximum Gasteiger partial charge on any atom is 0.414 e. The molecular formula is C17H14FNO2. The summed E-state index contributed by atoms with van der Waals surface area (Å²) in [4.78, 5) is 13.5. The van der Waals surface area contributed by atoms with E-state index in [0.717, 1.165) is 16.7 Å². The molecule has 0 bridgehead atoms. The van der Waals surface area contributed by atoms with Gasteiger partial charge in [-0.05, 0) is 34.9 Å². The lowest BCUT2D eigenvalue weighted by Crippen LogP contribution is -2.27. The van der Waals surface area contributed by atoms with Crippen molar-refractivity contribution in [1.29, 1.82) is 0 Å². The Hall–Kier alpha value is -2.62. The Labute approximate surface area is 122 Å². The third kappa shape index (κ3) is 3.11. The van der Waals surface area contributed by atoms with Crippen molar-refractivity contribution < 1.29 is 13.9 Å². The van der Waals surface area contributed by atoms with E-state index in [1.54, 1.807) is 18.3 Å². The van der Waals surface area contributed by atoms with E-state index < -0.39 is 6.09 Å². The van der Waals surface area contributed by atoms with Crippen molar-refractivity contribution in [3.63, 3.8) is 0 Å². The van der Waals surface area contributed by atoms with Gasteiger partial charge in [-0.25, -0.2) is 9.18 Å². The lowest BCUT2D eigenvalue weighted by molar-refractivity contribution is 0.108. The van der Waals surface area contributed by atoms with Gasteiger partial charge in [0.2, 0.25) is 0 Å². The molecule has 0 aromatic heterocycles. The van der Waals surface area contributed by atoms with E-state index in [1.165, 1.54) is 17.0 Å². The highest BCUT2D eigenvalue weighted by Crippen LogP contribution is 2.20. The number of rotatable bonds is 2. The van der Waals surface area contributed by atoms with Gasteiger partial charge < -0.3 is 4.74 Å². The lowest BCUT2D eigenvalue weighted by Gasteiger charge is -2.22. The van der Waals surface area contributed by atoms with Gasteiger partial charge in [0.05, 0.1) is 6.54 Å². The minimum Gasteiger partial charge on any atom is -0.444 e. The second-order valence-corrected chi connectivity index (χ2v) is 4.82. The van der Waals surface area contributed by atoms with Gasteiger partial charge in [0.1, 0.15) is 12.4 Å². The van der Waals surface area contributed by atoms with Gasteiger partial charge in [-0.1, -0.05) is 36.4 Å². The van der Waals surface area contributed by atoms with E-state index in [9.17, 15) is 9.18 Å². The summed E-state index contributed by atoms with van der Waals surface area (Å²) < 4.78 is 18.0. The molecule has 0 N–H and O–H groups in total. The van der Waals surface area contributed by atoms with E-state index in [4.69, 9.17) is 4.74 Å². The Balaban J connectivity index is 1.61. The zero-order valence-corrected chi connectivity index (χ0v) is 11.3. The molecule has 3 rings (SSSR count). The SMILES string of the molecule is O=C(OCc1ccc(F)cc1)N1C=Cc2ccccc2C1. The number of ether oxygens (including phenoxy) is 1. The van der Waals surface area contributed by atoms with Gasteiger partial charge >= 0.3 is 6.09 Å². The molecule has 1 aliphatic rings. The summed E-state index contributed by atoms with van der Waals surface area (Å²) in [5.41, 5.74) is 2.95. The van der Waals surface area contributed by atoms with Crippen LogP contribution in [-0.4, -0.2) is 11.0 Å². The highest BCUT2D eigenvalue weighted by Gasteiger charge is 2.17. The fourth-order valence-electron chi connectivity index (χ4n) is 2.18. The van der Waals surface area contributed by atoms with Gasteiger partial charge in [0.15, 0.2) is 0 Å². The number of fused-ring (bicyclic) bond motifs is 1. The van der Waals surface area contributed by atoms with Crippen molar-refractivity contribution >= 4 is 12.2 Å². The average molecular weight is 283 g/mol. The van der Waals surface area contributed by atoms with Crippen molar-refractivity contribution in [2.24, 2.45) is 0 Å². The molecule has 0 radical (unpaired) electrons. The number of carbonyl (C=O) groups excluding carboxylic acids is 1. The zero-order valence-electron chi connectivity index (χ0n) is 11.3. The summed E-state index contributed by atoms with van der Waals surface area (Å²) in [5, 5.41) is 0. The first-order valence-electron chi connectivity index (χ1n) is 6.66. The molecule has 1 aliphatic heterocycles. The topological polar surface area (TPSA) is 29.5 Å². The van der Waals surface area contributed by atoms with E-state index in [1.807, 2.05) is 30.3 Å². The van der Waals surface area contributed by atoms with Crippen LogP contribution in [0.3, 0.4) is 0 Å². The van der Waals surface area contributed by atoms with E-state index in [2.05, 4.69) is 0 Å². The molecule has 0 saturated carbocycles. The quantitative estimate of drug-likeness (QED) is 0.835. The van der Waals surface area contributed by atoms with Gasteiger partial charge in [-0.2, -0.15) is 0 Å². The van der Waals surface area contributed by atoms with Crippen molar-refractivity contribution in [3.8, 4) is 0 Å². The summed E-state index contributed by atoms with van der Waals surface area (Å²) in [6, 6.07) is 13.8. The number of hydrogen-bond acceptors (Lipinski definition) is 2. The molecule has 0 saturated heterocycles. The lowest BCUT2D eigenvalue weighted by atomic mass is 10.1. The molecule has 0 aliphatic carbocycles. The minimum atomic E-state index is -0.412. The molecule has 2 aromatic rings. The smallest absolute Gasteiger partial charge is 0.414 e.